The lowest BCUT2D eigenvalue weighted by Gasteiger charge is -2.10. The molecule has 0 saturated heterocycles. The van der Waals surface area contributed by atoms with Crippen LogP contribution in [0, 0.1) is 0 Å². The van der Waals surface area contributed by atoms with Crippen molar-refractivity contribution in [3.63, 3.8) is 0 Å². The van der Waals surface area contributed by atoms with Crippen molar-refractivity contribution in [1.82, 2.24) is 5.43 Å². The number of hydrazone groups is 1. The highest BCUT2D eigenvalue weighted by molar-refractivity contribution is 6.39. The number of methoxy groups -OCH3 is 1. The molecule has 3 rings (SSSR count). The Hall–Kier alpha value is -4.66. The standard InChI is InChI=1S/C25H23N3O6/c1-3-33-20-12-10-18(11-13-20)25(31)34-21-14-9-17(15-22(21)32-2)16-26-28-24(30)23(29)27-19-7-5-4-6-8-19/h4-16H,3H2,1-2H3,(H,27,29)(H,28,30). The minimum absolute atomic E-state index is 0.213. The Morgan fingerprint density at radius 2 is 1.65 bits per heavy atom. The number of anilines is 1. The molecule has 0 heterocycles. The molecule has 0 fully saturated rings. The van der Waals surface area contributed by atoms with Crippen molar-refractivity contribution in [1.29, 1.82) is 0 Å². The van der Waals surface area contributed by atoms with Gasteiger partial charge in [0.15, 0.2) is 11.5 Å². The summed E-state index contributed by atoms with van der Waals surface area (Å²) >= 11 is 0. The first kappa shape index (κ1) is 24.0. The summed E-state index contributed by atoms with van der Waals surface area (Å²) in [4.78, 5) is 36.2. The third-order valence-electron chi connectivity index (χ3n) is 4.41. The molecule has 0 bridgehead atoms. The summed E-state index contributed by atoms with van der Waals surface area (Å²) in [5.74, 6) is -1.17. The number of esters is 1. The molecule has 0 radical (unpaired) electrons. The Labute approximate surface area is 196 Å². The van der Waals surface area contributed by atoms with E-state index in [0.717, 1.165) is 0 Å². The molecule has 2 N–H and O–H groups in total. The highest BCUT2D eigenvalue weighted by atomic mass is 16.6. The van der Waals surface area contributed by atoms with Crippen molar-refractivity contribution in [2.24, 2.45) is 5.10 Å². The van der Waals surface area contributed by atoms with Gasteiger partial charge in [0, 0.05) is 5.69 Å². The number of para-hydroxylation sites is 1. The van der Waals surface area contributed by atoms with E-state index < -0.39 is 17.8 Å². The van der Waals surface area contributed by atoms with Crippen LogP contribution < -0.4 is 25.0 Å². The van der Waals surface area contributed by atoms with E-state index in [-0.39, 0.29) is 11.5 Å². The van der Waals surface area contributed by atoms with Gasteiger partial charge in [0.2, 0.25) is 0 Å². The van der Waals surface area contributed by atoms with Crippen LogP contribution in [0.2, 0.25) is 0 Å². The van der Waals surface area contributed by atoms with Gasteiger partial charge in [0.1, 0.15) is 5.75 Å². The fraction of sp³-hybridized carbons (Fsp3) is 0.120. The highest BCUT2D eigenvalue weighted by Gasteiger charge is 2.14. The summed E-state index contributed by atoms with van der Waals surface area (Å²) < 4.78 is 16.1. The van der Waals surface area contributed by atoms with E-state index in [9.17, 15) is 14.4 Å². The Balaban J connectivity index is 1.59. The van der Waals surface area contributed by atoms with Crippen LogP contribution >= 0.6 is 0 Å². The summed E-state index contributed by atoms with van der Waals surface area (Å²) in [7, 11) is 1.43. The van der Waals surface area contributed by atoms with Crippen molar-refractivity contribution in [3.8, 4) is 17.2 Å². The molecule has 3 aromatic rings. The number of carbonyl (C=O) groups excluding carboxylic acids is 3. The quantitative estimate of drug-likeness (QED) is 0.175. The molecular weight excluding hydrogens is 438 g/mol. The molecule has 0 saturated carbocycles. The zero-order chi connectivity index (χ0) is 24.3. The molecule has 9 heteroatoms. The lowest BCUT2D eigenvalue weighted by Crippen LogP contribution is -2.32. The summed E-state index contributed by atoms with van der Waals surface area (Å²) in [6, 6.07) is 19.9. The minimum atomic E-state index is -0.923. The number of hydrogen-bond acceptors (Lipinski definition) is 7. The number of rotatable bonds is 8. The second-order valence-corrected chi connectivity index (χ2v) is 6.78. The normalized spacial score (nSPS) is 10.4. The number of amides is 2. The second-order valence-electron chi connectivity index (χ2n) is 6.78. The van der Waals surface area contributed by atoms with Crippen LogP contribution in [0.25, 0.3) is 0 Å². The highest BCUT2D eigenvalue weighted by Crippen LogP contribution is 2.28. The van der Waals surface area contributed by atoms with Gasteiger partial charge in [0.25, 0.3) is 0 Å². The maximum Gasteiger partial charge on any atom is 0.343 e. The minimum Gasteiger partial charge on any atom is -0.494 e. The Kier molecular flexibility index (Phi) is 8.34. The zero-order valence-corrected chi connectivity index (χ0v) is 18.6. The maximum absolute atomic E-state index is 12.4. The molecule has 0 atom stereocenters. The first-order valence-electron chi connectivity index (χ1n) is 10.3. The third kappa shape index (κ3) is 6.67. The van der Waals surface area contributed by atoms with Gasteiger partial charge >= 0.3 is 17.8 Å². The monoisotopic (exact) mass is 461 g/mol. The maximum atomic E-state index is 12.4. The van der Waals surface area contributed by atoms with Gasteiger partial charge in [-0.1, -0.05) is 18.2 Å². The smallest absolute Gasteiger partial charge is 0.343 e. The average Bonchev–Trinajstić information content (AvgIpc) is 2.86. The zero-order valence-electron chi connectivity index (χ0n) is 18.6. The van der Waals surface area contributed by atoms with Crippen LogP contribution in [-0.4, -0.2) is 37.7 Å². The lowest BCUT2D eigenvalue weighted by molar-refractivity contribution is -0.136. The van der Waals surface area contributed by atoms with Crippen molar-refractivity contribution in [2.75, 3.05) is 19.0 Å². The topological polar surface area (TPSA) is 115 Å². The van der Waals surface area contributed by atoms with E-state index in [1.54, 1.807) is 66.7 Å². The Morgan fingerprint density at radius 1 is 0.912 bits per heavy atom. The SMILES string of the molecule is CCOc1ccc(C(=O)Oc2ccc(C=NNC(=O)C(=O)Nc3ccccc3)cc2OC)cc1. The van der Waals surface area contributed by atoms with Crippen LogP contribution in [0.4, 0.5) is 5.69 Å². The van der Waals surface area contributed by atoms with Gasteiger partial charge in [0.05, 0.1) is 25.5 Å². The van der Waals surface area contributed by atoms with Crippen molar-refractivity contribution < 1.29 is 28.6 Å². The van der Waals surface area contributed by atoms with Gasteiger partial charge in [-0.15, -0.1) is 0 Å². The van der Waals surface area contributed by atoms with Crippen LogP contribution in [0.5, 0.6) is 17.2 Å². The summed E-state index contributed by atoms with van der Waals surface area (Å²) in [6.45, 7) is 2.40. The number of nitrogens with zero attached hydrogens (tertiary/aromatic N) is 1. The number of nitrogens with one attached hydrogen (secondary N) is 2. The fourth-order valence-electron chi connectivity index (χ4n) is 2.79. The fourth-order valence-corrected chi connectivity index (χ4v) is 2.79. The van der Waals surface area contributed by atoms with Crippen LogP contribution in [0.1, 0.15) is 22.8 Å². The first-order chi connectivity index (χ1) is 16.5. The van der Waals surface area contributed by atoms with Crippen LogP contribution in [0.15, 0.2) is 77.9 Å². The molecule has 0 aliphatic carbocycles. The molecule has 0 spiro atoms. The molecule has 174 valence electrons. The first-order valence-corrected chi connectivity index (χ1v) is 10.3. The molecule has 34 heavy (non-hydrogen) atoms. The van der Waals surface area contributed by atoms with Crippen LogP contribution in [0.3, 0.4) is 0 Å². The van der Waals surface area contributed by atoms with Gasteiger partial charge in [-0.05, 0) is 67.1 Å². The molecule has 0 aliphatic rings. The summed E-state index contributed by atoms with van der Waals surface area (Å²) in [5.41, 5.74) is 3.54. The van der Waals surface area contributed by atoms with E-state index in [0.29, 0.717) is 29.2 Å². The average molecular weight is 461 g/mol. The molecule has 9 nitrogen and oxygen atoms in total. The van der Waals surface area contributed by atoms with Crippen LogP contribution in [-0.2, 0) is 9.59 Å². The van der Waals surface area contributed by atoms with Gasteiger partial charge < -0.3 is 19.5 Å². The second kappa shape index (κ2) is 11.8. The van der Waals surface area contributed by atoms with E-state index in [1.807, 2.05) is 6.92 Å². The Bertz CT molecular complexity index is 1180. The summed E-state index contributed by atoms with van der Waals surface area (Å²) in [6.07, 6.45) is 1.33. The largest absolute Gasteiger partial charge is 0.494 e. The van der Waals surface area contributed by atoms with Crippen molar-refractivity contribution in [3.05, 3.63) is 83.9 Å². The molecule has 0 unspecified atom stereocenters. The predicted molar refractivity (Wildman–Crippen MR) is 126 cm³/mol. The molecule has 0 aromatic heterocycles. The van der Waals surface area contributed by atoms with Crippen molar-refractivity contribution in [2.45, 2.75) is 6.92 Å². The Morgan fingerprint density at radius 3 is 2.32 bits per heavy atom. The van der Waals surface area contributed by atoms with Gasteiger partial charge in [-0.25, -0.2) is 10.2 Å². The molecule has 3 aromatic carbocycles. The predicted octanol–water partition coefficient (Wildman–Crippen LogP) is 3.40. The number of carbonyl (C=O) groups is 3. The molecule has 0 aliphatic heterocycles. The van der Waals surface area contributed by atoms with Gasteiger partial charge in [-0.2, -0.15) is 5.10 Å². The van der Waals surface area contributed by atoms with Crippen molar-refractivity contribution >= 4 is 29.7 Å². The van der Waals surface area contributed by atoms with E-state index >= 15 is 0 Å². The van der Waals surface area contributed by atoms with Gasteiger partial charge in [-0.3, -0.25) is 9.59 Å². The number of ether oxygens (including phenoxy) is 3. The molecular formula is C25H23N3O6. The summed E-state index contributed by atoms with van der Waals surface area (Å²) in [5, 5.41) is 6.24. The lowest BCUT2D eigenvalue weighted by atomic mass is 10.2. The van der Waals surface area contributed by atoms with E-state index in [1.165, 1.54) is 19.4 Å². The number of hydrogen-bond donors (Lipinski definition) is 2. The van der Waals surface area contributed by atoms with E-state index in [4.69, 9.17) is 14.2 Å². The number of benzene rings is 3. The third-order valence-corrected chi connectivity index (χ3v) is 4.41. The molecule has 2 amide bonds. The van der Waals surface area contributed by atoms with E-state index in [2.05, 4.69) is 15.8 Å².